The van der Waals surface area contributed by atoms with Gasteiger partial charge in [-0.15, -0.1) is 10.2 Å². The predicted molar refractivity (Wildman–Crippen MR) is 111 cm³/mol. The summed E-state index contributed by atoms with van der Waals surface area (Å²) >= 11 is 0. The summed E-state index contributed by atoms with van der Waals surface area (Å²) in [5.74, 6) is 1.00. The van der Waals surface area contributed by atoms with Gasteiger partial charge in [-0.1, -0.05) is 12.1 Å². The van der Waals surface area contributed by atoms with Gasteiger partial charge in [0, 0.05) is 23.8 Å². The minimum Gasteiger partial charge on any atom is -0.497 e. The molecule has 150 valence electrons. The first-order valence-electron chi connectivity index (χ1n) is 10.1. The van der Waals surface area contributed by atoms with Crippen LogP contribution in [-0.2, 0) is 6.42 Å². The van der Waals surface area contributed by atoms with Gasteiger partial charge in [-0.05, 0) is 74.1 Å². The zero-order valence-corrected chi connectivity index (χ0v) is 16.7. The van der Waals surface area contributed by atoms with Crippen molar-refractivity contribution in [2.45, 2.75) is 38.1 Å². The molecule has 1 aliphatic rings. The number of aromatic nitrogens is 3. The fourth-order valence-electron chi connectivity index (χ4n) is 4.01. The summed E-state index contributed by atoms with van der Waals surface area (Å²) in [4.78, 5) is 15.3. The number of hydrogen-bond donors (Lipinski definition) is 0. The quantitative estimate of drug-likeness (QED) is 0.640. The zero-order chi connectivity index (χ0) is 20.1. The summed E-state index contributed by atoms with van der Waals surface area (Å²) in [5.41, 5.74) is 2.93. The van der Waals surface area contributed by atoms with E-state index < -0.39 is 0 Å². The second-order valence-electron chi connectivity index (χ2n) is 7.45. The molecule has 2 aromatic carbocycles. The number of methoxy groups -OCH3 is 1. The van der Waals surface area contributed by atoms with E-state index in [1.807, 2.05) is 41.0 Å². The van der Waals surface area contributed by atoms with Crippen LogP contribution in [0.25, 0.3) is 5.69 Å². The minimum atomic E-state index is 0.121. The molecule has 29 heavy (non-hydrogen) atoms. The summed E-state index contributed by atoms with van der Waals surface area (Å²) in [5, 5.41) is 7.65. The Morgan fingerprint density at radius 1 is 1.10 bits per heavy atom. The normalized spacial score (nSPS) is 16.6. The molecule has 4 rings (SSSR count). The molecule has 0 radical (unpaired) electrons. The fourth-order valence-corrected chi connectivity index (χ4v) is 4.01. The summed E-state index contributed by atoms with van der Waals surface area (Å²) < 4.78 is 7.15. The monoisotopic (exact) mass is 390 g/mol. The molecule has 6 nitrogen and oxygen atoms in total. The smallest absolute Gasteiger partial charge is 0.254 e. The van der Waals surface area contributed by atoms with E-state index in [-0.39, 0.29) is 11.9 Å². The standard InChI is InChI=1S/C23H26N4O2/c1-29-22-7-4-5-18(15-22)8-11-21-6-2-3-14-27(21)23(28)19-9-12-20(13-10-19)26-16-24-25-17-26/h4-5,7,9-10,12-13,15-17,21H,2-3,6,8,11,14H2,1H3/t21-/m0/s1. The first-order valence-corrected chi connectivity index (χ1v) is 10.1. The number of aryl methyl sites for hydroxylation is 1. The molecule has 3 aromatic rings. The molecule has 0 bridgehead atoms. The molecule has 1 atom stereocenters. The number of carbonyl (C=O) groups excluding carboxylic acids is 1. The third-order valence-corrected chi connectivity index (χ3v) is 5.62. The van der Waals surface area contributed by atoms with E-state index in [0.29, 0.717) is 0 Å². The second kappa shape index (κ2) is 8.90. The van der Waals surface area contributed by atoms with Gasteiger partial charge in [0.15, 0.2) is 0 Å². The lowest BCUT2D eigenvalue weighted by Gasteiger charge is -2.36. The highest BCUT2D eigenvalue weighted by Gasteiger charge is 2.27. The number of benzene rings is 2. The van der Waals surface area contributed by atoms with E-state index >= 15 is 0 Å². The van der Waals surface area contributed by atoms with Crippen LogP contribution in [0.1, 0.15) is 41.6 Å². The molecular formula is C23H26N4O2. The van der Waals surface area contributed by atoms with Crippen molar-refractivity contribution in [3.8, 4) is 11.4 Å². The number of ether oxygens (including phenoxy) is 1. The van der Waals surface area contributed by atoms with Crippen molar-refractivity contribution in [3.63, 3.8) is 0 Å². The molecule has 6 heteroatoms. The van der Waals surface area contributed by atoms with Crippen LogP contribution < -0.4 is 4.74 Å². The Balaban J connectivity index is 1.44. The average Bonchev–Trinajstić information content (AvgIpc) is 3.33. The van der Waals surface area contributed by atoms with E-state index in [1.165, 1.54) is 12.0 Å². The topological polar surface area (TPSA) is 60.2 Å². The second-order valence-corrected chi connectivity index (χ2v) is 7.45. The summed E-state index contributed by atoms with van der Waals surface area (Å²) in [6.45, 7) is 0.828. The molecular weight excluding hydrogens is 364 g/mol. The van der Waals surface area contributed by atoms with E-state index in [0.717, 1.165) is 49.2 Å². The maximum absolute atomic E-state index is 13.2. The zero-order valence-electron chi connectivity index (χ0n) is 16.7. The van der Waals surface area contributed by atoms with Gasteiger partial charge in [-0.2, -0.15) is 0 Å². The summed E-state index contributed by atoms with van der Waals surface area (Å²) in [6, 6.07) is 16.1. The van der Waals surface area contributed by atoms with Gasteiger partial charge in [0.2, 0.25) is 0 Å². The van der Waals surface area contributed by atoms with Crippen LogP contribution in [0.4, 0.5) is 0 Å². The molecule has 1 aromatic heterocycles. The van der Waals surface area contributed by atoms with Gasteiger partial charge in [-0.25, -0.2) is 0 Å². The third kappa shape index (κ3) is 4.47. The van der Waals surface area contributed by atoms with Gasteiger partial charge < -0.3 is 9.64 Å². The number of piperidine rings is 1. The molecule has 2 heterocycles. The Morgan fingerprint density at radius 2 is 1.90 bits per heavy atom. The number of carbonyl (C=O) groups is 1. The maximum atomic E-state index is 13.2. The lowest BCUT2D eigenvalue weighted by atomic mass is 9.95. The Hall–Kier alpha value is -3.15. The van der Waals surface area contributed by atoms with Crippen molar-refractivity contribution >= 4 is 5.91 Å². The largest absolute Gasteiger partial charge is 0.497 e. The van der Waals surface area contributed by atoms with Crippen molar-refractivity contribution in [2.24, 2.45) is 0 Å². The molecule has 1 amide bonds. The van der Waals surface area contributed by atoms with Crippen LogP contribution in [0.15, 0.2) is 61.2 Å². The predicted octanol–water partition coefficient (Wildman–Crippen LogP) is 3.90. The average molecular weight is 390 g/mol. The van der Waals surface area contributed by atoms with E-state index in [1.54, 1.807) is 19.8 Å². The Kier molecular flexibility index (Phi) is 5.89. The van der Waals surface area contributed by atoms with Crippen LogP contribution in [-0.4, -0.2) is 45.3 Å². The Morgan fingerprint density at radius 3 is 2.66 bits per heavy atom. The van der Waals surface area contributed by atoms with Crippen LogP contribution in [0, 0.1) is 0 Å². The number of rotatable bonds is 6. The van der Waals surface area contributed by atoms with E-state index in [2.05, 4.69) is 27.2 Å². The first kappa shape index (κ1) is 19.2. The molecule has 0 N–H and O–H groups in total. The highest BCUT2D eigenvalue weighted by molar-refractivity contribution is 5.94. The SMILES string of the molecule is COc1cccc(CC[C@@H]2CCCCN2C(=O)c2ccc(-n3cnnc3)cc2)c1. The minimum absolute atomic E-state index is 0.121. The molecule has 0 spiro atoms. The van der Waals surface area contributed by atoms with Crippen molar-refractivity contribution in [3.05, 3.63) is 72.3 Å². The van der Waals surface area contributed by atoms with Crippen molar-refractivity contribution in [1.29, 1.82) is 0 Å². The van der Waals surface area contributed by atoms with E-state index in [9.17, 15) is 4.79 Å². The molecule has 0 saturated carbocycles. The van der Waals surface area contributed by atoms with Crippen LogP contribution in [0.3, 0.4) is 0 Å². The van der Waals surface area contributed by atoms with Gasteiger partial charge in [-0.3, -0.25) is 9.36 Å². The lowest BCUT2D eigenvalue weighted by Crippen LogP contribution is -2.44. The van der Waals surface area contributed by atoms with Crippen molar-refractivity contribution in [2.75, 3.05) is 13.7 Å². The highest BCUT2D eigenvalue weighted by atomic mass is 16.5. The molecule has 0 aliphatic carbocycles. The highest BCUT2D eigenvalue weighted by Crippen LogP contribution is 2.24. The Bertz CT molecular complexity index is 938. The Labute approximate surface area is 171 Å². The summed E-state index contributed by atoms with van der Waals surface area (Å²) in [6.07, 6.45) is 8.52. The maximum Gasteiger partial charge on any atom is 0.254 e. The molecule has 1 aliphatic heterocycles. The number of nitrogens with zero attached hydrogens (tertiary/aromatic N) is 4. The van der Waals surface area contributed by atoms with Crippen molar-refractivity contribution in [1.82, 2.24) is 19.7 Å². The van der Waals surface area contributed by atoms with Gasteiger partial charge >= 0.3 is 0 Å². The number of amides is 1. The first-order chi connectivity index (χ1) is 14.2. The van der Waals surface area contributed by atoms with Crippen molar-refractivity contribution < 1.29 is 9.53 Å². The van der Waals surface area contributed by atoms with Crippen LogP contribution in [0.2, 0.25) is 0 Å². The summed E-state index contributed by atoms with van der Waals surface area (Å²) in [7, 11) is 1.69. The van der Waals surface area contributed by atoms with Gasteiger partial charge in [0.25, 0.3) is 5.91 Å². The van der Waals surface area contributed by atoms with Gasteiger partial charge in [0.05, 0.1) is 7.11 Å². The number of likely N-dealkylation sites (tertiary alicyclic amines) is 1. The van der Waals surface area contributed by atoms with Crippen LogP contribution in [0.5, 0.6) is 5.75 Å². The van der Waals surface area contributed by atoms with E-state index in [4.69, 9.17) is 4.74 Å². The molecule has 1 saturated heterocycles. The lowest BCUT2D eigenvalue weighted by molar-refractivity contribution is 0.0602. The third-order valence-electron chi connectivity index (χ3n) is 5.62. The fraction of sp³-hybridized carbons (Fsp3) is 0.348. The number of hydrogen-bond acceptors (Lipinski definition) is 4. The van der Waals surface area contributed by atoms with Gasteiger partial charge in [0.1, 0.15) is 18.4 Å². The molecule has 1 fully saturated rings. The molecule has 0 unspecified atom stereocenters. The van der Waals surface area contributed by atoms with Crippen LogP contribution >= 0.6 is 0 Å².